The quantitative estimate of drug-likeness (QED) is 0.796. The molecule has 0 bridgehead atoms. The van der Waals surface area contributed by atoms with Gasteiger partial charge in [-0.1, -0.05) is 6.07 Å². The molecule has 1 aromatic heterocycles. The molecule has 152 valence electrons. The van der Waals surface area contributed by atoms with Gasteiger partial charge < -0.3 is 19.9 Å². The highest BCUT2D eigenvalue weighted by atomic mass is 35.5. The monoisotopic (exact) mass is 409 g/mol. The van der Waals surface area contributed by atoms with E-state index in [-0.39, 0.29) is 35.0 Å². The van der Waals surface area contributed by atoms with Crippen LogP contribution in [-0.4, -0.2) is 30.7 Å². The molecule has 2 aromatic rings. The smallest absolute Gasteiger partial charge is 0.263 e. The molecule has 0 aliphatic carbocycles. The summed E-state index contributed by atoms with van der Waals surface area (Å²) in [5.74, 6) is -0.855. The number of nitrogens with zero attached hydrogens (tertiary/aromatic N) is 1. The van der Waals surface area contributed by atoms with E-state index in [1.165, 1.54) is 25.3 Å². The van der Waals surface area contributed by atoms with E-state index in [0.29, 0.717) is 18.0 Å². The highest BCUT2D eigenvalue weighted by molar-refractivity contribution is 6.05. The van der Waals surface area contributed by atoms with Gasteiger partial charge in [-0.15, -0.1) is 12.4 Å². The van der Waals surface area contributed by atoms with Crippen molar-refractivity contribution < 1.29 is 13.9 Å². The van der Waals surface area contributed by atoms with Crippen molar-refractivity contribution in [2.24, 2.45) is 5.92 Å². The molecule has 6 nitrogen and oxygen atoms in total. The van der Waals surface area contributed by atoms with E-state index in [1.54, 1.807) is 23.8 Å². The molecule has 1 aliphatic heterocycles. The molecule has 1 saturated heterocycles. The zero-order valence-electron chi connectivity index (χ0n) is 16.0. The molecule has 0 radical (unpaired) electrons. The highest BCUT2D eigenvalue weighted by Crippen LogP contribution is 2.27. The Morgan fingerprint density at radius 1 is 1.39 bits per heavy atom. The van der Waals surface area contributed by atoms with Gasteiger partial charge in [0.25, 0.3) is 11.5 Å². The molecule has 1 aliphatic rings. The van der Waals surface area contributed by atoms with Gasteiger partial charge in [0.05, 0.1) is 12.8 Å². The fourth-order valence-electron chi connectivity index (χ4n) is 3.44. The van der Waals surface area contributed by atoms with Crippen LogP contribution in [-0.2, 0) is 6.54 Å². The van der Waals surface area contributed by atoms with Crippen molar-refractivity contribution in [3.05, 3.63) is 57.8 Å². The van der Waals surface area contributed by atoms with Crippen LogP contribution in [0.15, 0.2) is 35.3 Å². The Labute approximate surface area is 169 Å². The van der Waals surface area contributed by atoms with Crippen molar-refractivity contribution in [1.29, 1.82) is 0 Å². The highest BCUT2D eigenvalue weighted by Gasteiger charge is 2.20. The first kappa shape index (κ1) is 21.9. The number of carbonyl (C=O) groups is 1. The average molecular weight is 410 g/mol. The second-order valence-corrected chi connectivity index (χ2v) is 6.82. The van der Waals surface area contributed by atoms with Gasteiger partial charge in [0.15, 0.2) is 11.6 Å². The molecule has 8 heteroatoms. The fraction of sp³-hybridized carbons (Fsp3) is 0.400. The number of carbonyl (C=O) groups excluding carboxylic acids is 1. The Morgan fingerprint density at radius 3 is 2.86 bits per heavy atom. The molecule has 1 fully saturated rings. The summed E-state index contributed by atoms with van der Waals surface area (Å²) in [4.78, 5) is 25.7. The van der Waals surface area contributed by atoms with E-state index in [0.717, 1.165) is 25.9 Å². The minimum atomic E-state index is -0.581. The molecular weight excluding hydrogens is 385 g/mol. The first-order valence-electron chi connectivity index (χ1n) is 9.06. The molecule has 1 amide bonds. The third-order valence-electron chi connectivity index (χ3n) is 4.87. The van der Waals surface area contributed by atoms with Crippen LogP contribution in [0.3, 0.4) is 0 Å². The van der Waals surface area contributed by atoms with Gasteiger partial charge in [-0.2, -0.15) is 0 Å². The molecule has 2 N–H and O–H groups in total. The minimum Gasteiger partial charge on any atom is -0.492 e. The van der Waals surface area contributed by atoms with Gasteiger partial charge in [-0.05, 0) is 62.5 Å². The summed E-state index contributed by atoms with van der Waals surface area (Å²) in [5.41, 5.74) is 0.486. The van der Waals surface area contributed by atoms with Crippen LogP contribution in [0.4, 0.5) is 10.1 Å². The number of rotatable bonds is 5. The maximum Gasteiger partial charge on any atom is 0.263 e. The lowest BCUT2D eigenvalue weighted by Gasteiger charge is -2.23. The van der Waals surface area contributed by atoms with Crippen LogP contribution < -0.4 is 20.9 Å². The number of amides is 1. The van der Waals surface area contributed by atoms with Crippen LogP contribution >= 0.6 is 12.4 Å². The molecule has 0 saturated carbocycles. The Kier molecular flexibility index (Phi) is 7.60. The maximum atomic E-state index is 13.8. The molecule has 28 heavy (non-hydrogen) atoms. The summed E-state index contributed by atoms with van der Waals surface area (Å²) < 4.78 is 20.4. The number of aryl methyl sites for hydroxylation is 1. The molecular formula is C20H25ClFN3O3. The summed E-state index contributed by atoms with van der Waals surface area (Å²) in [5, 5.41) is 5.93. The minimum absolute atomic E-state index is 0. The van der Waals surface area contributed by atoms with E-state index < -0.39 is 11.7 Å². The maximum absolute atomic E-state index is 13.8. The zero-order valence-corrected chi connectivity index (χ0v) is 16.8. The molecule has 1 unspecified atom stereocenters. The topological polar surface area (TPSA) is 72.4 Å². The van der Waals surface area contributed by atoms with E-state index in [1.807, 2.05) is 0 Å². The van der Waals surface area contributed by atoms with Crippen molar-refractivity contribution in [2.75, 3.05) is 25.5 Å². The predicted octanol–water partition coefficient (Wildman–Crippen LogP) is 2.98. The summed E-state index contributed by atoms with van der Waals surface area (Å²) >= 11 is 0. The van der Waals surface area contributed by atoms with Gasteiger partial charge in [-0.3, -0.25) is 9.59 Å². The lowest BCUT2D eigenvalue weighted by atomic mass is 9.99. The summed E-state index contributed by atoms with van der Waals surface area (Å²) in [7, 11) is 1.33. The Morgan fingerprint density at radius 2 is 2.18 bits per heavy atom. The predicted molar refractivity (Wildman–Crippen MR) is 109 cm³/mol. The summed E-state index contributed by atoms with van der Waals surface area (Å²) in [6, 6.07) is 6.01. The largest absolute Gasteiger partial charge is 0.492 e. The third kappa shape index (κ3) is 4.72. The van der Waals surface area contributed by atoms with E-state index in [4.69, 9.17) is 4.74 Å². The van der Waals surface area contributed by atoms with Gasteiger partial charge in [0.2, 0.25) is 0 Å². The van der Waals surface area contributed by atoms with Crippen molar-refractivity contribution in [3.63, 3.8) is 0 Å². The van der Waals surface area contributed by atoms with Crippen LogP contribution in [0.1, 0.15) is 28.8 Å². The van der Waals surface area contributed by atoms with Gasteiger partial charge in [0.1, 0.15) is 5.56 Å². The number of piperidine rings is 1. The number of methoxy groups -OCH3 is 1. The number of halogens is 2. The van der Waals surface area contributed by atoms with Gasteiger partial charge in [-0.25, -0.2) is 4.39 Å². The van der Waals surface area contributed by atoms with E-state index in [9.17, 15) is 14.0 Å². The average Bonchev–Trinajstić information content (AvgIpc) is 2.65. The number of aromatic nitrogens is 1. The molecule has 2 heterocycles. The van der Waals surface area contributed by atoms with Crippen molar-refractivity contribution in [2.45, 2.75) is 26.3 Å². The second-order valence-electron chi connectivity index (χ2n) is 6.82. The van der Waals surface area contributed by atoms with Gasteiger partial charge in [0, 0.05) is 12.7 Å². The lowest BCUT2D eigenvalue weighted by molar-refractivity contribution is 0.102. The van der Waals surface area contributed by atoms with Crippen LogP contribution in [0.5, 0.6) is 5.75 Å². The number of anilines is 1. The van der Waals surface area contributed by atoms with E-state index >= 15 is 0 Å². The van der Waals surface area contributed by atoms with Crippen LogP contribution in [0.25, 0.3) is 0 Å². The van der Waals surface area contributed by atoms with E-state index in [2.05, 4.69) is 10.6 Å². The Bertz CT molecular complexity index is 895. The second kappa shape index (κ2) is 9.71. The number of para-hydroxylation sites is 1. The van der Waals surface area contributed by atoms with Crippen molar-refractivity contribution in [3.8, 4) is 5.75 Å². The van der Waals surface area contributed by atoms with Crippen molar-refractivity contribution >= 4 is 24.0 Å². The molecule has 0 spiro atoms. The van der Waals surface area contributed by atoms with Gasteiger partial charge >= 0.3 is 0 Å². The number of nitrogens with one attached hydrogen (secondary N) is 2. The summed E-state index contributed by atoms with van der Waals surface area (Å²) in [6.45, 7) is 4.14. The van der Waals surface area contributed by atoms with Crippen molar-refractivity contribution in [1.82, 2.24) is 9.88 Å². The van der Waals surface area contributed by atoms with Crippen LogP contribution in [0, 0.1) is 18.7 Å². The lowest BCUT2D eigenvalue weighted by Crippen LogP contribution is -2.36. The fourth-order valence-corrected chi connectivity index (χ4v) is 3.44. The number of hydrogen-bond acceptors (Lipinski definition) is 4. The van der Waals surface area contributed by atoms with Crippen LogP contribution in [0.2, 0.25) is 0 Å². The molecule has 1 aromatic carbocycles. The molecule has 3 rings (SSSR count). The first-order chi connectivity index (χ1) is 13.0. The standard InChI is InChI=1S/C20H24FN3O3.ClH/c1-13-8-10-24(12-14-5-4-9-22-11-14)20(26)17(13)19(25)23-16-7-3-6-15(21)18(16)27-2;/h3,6-8,10,14,22H,4-5,9,11-12H2,1-2H3,(H,23,25);1H. The number of hydrogen-bond donors (Lipinski definition) is 2. The zero-order chi connectivity index (χ0) is 19.4. The Balaban J connectivity index is 0.00000280. The summed E-state index contributed by atoms with van der Waals surface area (Å²) in [6.07, 6.45) is 3.86. The third-order valence-corrected chi connectivity index (χ3v) is 4.87. The first-order valence-corrected chi connectivity index (χ1v) is 9.06. The molecule has 1 atom stereocenters. The number of ether oxygens (including phenoxy) is 1. The Hall–Kier alpha value is -2.38. The SMILES string of the molecule is COc1c(F)cccc1NC(=O)c1c(C)ccn(CC2CCCNC2)c1=O.Cl. The number of benzene rings is 1. The normalized spacial score (nSPS) is 16.2. The number of pyridine rings is 1.